The Hall–Kier alpha value is -1.14. The number of rotatable bonds is 43. The van der Waals surface area contributed by atoms with Gasteiger partial charge in [-0.15, -0.1) is 0 Å². The molecule has 0 unspecified atom stereocenters. The lowest BCUT2D eigenvalue weighted by Crippen LogP contribution is -2.46. The summed E-state index contributed by atoms with van der Waals surface area (Å²) in [6.45, 7) is 4.09. The highest BCUT2D eigenvalue weighted by Gasteiger charge is 2.34. The van der Waals surface area contributed by atoms with Crippen LogP contribution >= 0.6 is 0 Å². The maximum atomic E-state index is 12.3. The lowest BCUT2D eigenvalue weighted by molar-refractivity contribution is -0.318. The molecule has 0 aromatic rings. The minimum absolute atomic E-state index is 0.192. The quantitative estimate of drug-likeness (QED) is 0.0367. The fourth-order valence-electron chi connectivity index (χ4n) is 7.26. The Morgan fingerprint density at radius 3 is 0.712 bits per heavy atom. The van der Waals surface area contributed by atoms with Crippen LogP contribution in [0.15, 0.2) is 0 Å². The molecule has 0 bridgehead atoms. The molecule has 6 heteroatoms. The standard InChI is InChI=1S/C46H91NO5/c1-3-5-7-9-11-13-15-17-19-21-23-25-27-29-31-33-35-37-39-41-44(48)51-46(50,43-47)52-45(49)42-40-38-36-34-32-30-28-26-24-22-20-18-16-14-12-10-8-6-4-2/h50H,3-43,47H2,1-2H3. The third-order valence-corrected chi connectivity index (χ3v) is 10.8. The van der Waals surface area contributed by atoms with Gasteiger partial charge in [0.05, 0.1) is 0 Å². The van der Waals surface area contributed by atoms with E-state index in [1.807, 2.05) is 0 Å². The summed E-state index contributed by atoms with van der Waals surface area (Å²) >= 11 is 0. The second-order valence-corrected chi connectivity index (χ2v) is 16.1. The van der Waals surface area contributed by atoms with Crippen molar-refractivity contribution in [2.75, 3.05) is 6.54 Å². The summed E-state index contributed by atoms with van der Waals surface area (Å²) in [6.07, 6.45) is 49.7. The van der Waals surface area contributed by atoms with E-state index in [0.29, 0.717) is 12.8 Å². The van der Waals surface area contributed by atoms with Gasteiger partial charge in [-0.1, -0.05) is 245 Å². The van der Waals surface area contributed by atoms with Crippen LogP contribution in [-0.4, -0.2) is 29.6 Å². The highest BCUT2D eigenvalue weighted by Crippen LogP contribution is 2.18. The Morgan fingerprint density at radius 1 is 0.365 bits per heavy atom. The summed E-state index contributed by atoms with van der Waals surface area (Å²) in [6, 6.07) is 0. The van der Waals surface area contributed by atoms with Crippen molar-refractivity contribution in [1.29, 1.82) is 0 Å². The molecule has 0 atom stereocenters. The first-order valence-corrected chi connectivity index (χ1v) is 23.3. The van der Waals surface area contributed by atoms with E-state index in [2.05, 4.69) is 13.8 Å². The zero-order valence-electron chi connectivity index (χ0n) is 35.1. The molecule has 0 rings (SSSR count). The molecule has 0 aliphatic heterocycles. The largest absolute Gasteiger partial charge is 0.397 e. The van der Waals surface area contributed by atoms with Crippen molar-refractivity contribution in [1.82, 2.24) is 0 Å². The van der Waals surface area contributed by atoms with Crippen LogP contribution in [0, 0.1) is 0 Å². The molecule has 310 valence electrons. The molecular weight excluding hydrogens is 647 g/mol. The maximum Gasteiger partial charge on any atom is 0.386 e. The van der Waals surface area contributed by atoms with Crippen LogP contribution in [-0.2, 0) is 19.1 Å². The number of ether oxygens (including phenoxy) is 2. The van der Waals surface area contributed by atoms with Crippen molar-refractivity contribution in [3.05, 3.63) is 0 Å². The number of hydrogen-bond acceptors (Lipinski definition) is 6. The van der Waals surface area contributed by atoms with Gasteiger partial charge in [-0.25, -0.2) is 0 Å². The molecule has 0 aliphatic carbocycles. The minimum atomic E-state index is -2.37. The molecule has 0 radical (unpaired) electrons. The number of carbonyl (C=O) groups excluding carboxylic acids is 2. The second kappa shape index (κ2) is 41.0. The van der Waals surface area contributed by atoms with E-state index in [4.69, 9.17) is 15.2 Å². The Morgan fingerprint density at radius 2 is 0.538 bits per heavy atom. The summed E-state index contributed by atoms with van der Waals surface area (Å²) < 4.78 is 10.2. The molecule has 0 amide bonds. The summed E-state index contributed by atoms with van der Waals surface area (Å²) in [5, 5.41) is 10.5. The molecule has 0 heterocycles. The monoisotopic (exact) mass is 738 g/mol. The normalized spacial score (nSPS) is 11.7. The van der Waals surface area contributed by atoms with Gasteiger partial charge in [0.15, 0.2) is 0 Å². The molecule has 0 saturated heterocycles. The highest BCUT2D eigenvalue weighted by atomic mass is 16.8. The van der Waals surface area contributed by atoms with Gasteiger partial charge in [0, 0.05) is 12.8 Å². The predicted octanol–water partition coefficient (Wildman–Crippen LogP) is 14.3. The summed E-state index contributed by atoms with van der Waals surface area (Å²) in [7, 11) is 0. The van der Waals surface area contributed by atoms with Crippen molar-refractivity contribution in [2.45, 2.75) is 277 Å². The van der Waals surface area contributed by atoms with E-state index in [1.165, 1.54) is 205 Å². The van der Waals surface area contributed by atoms with E-state index < -0.39 is 24.5 Å². The Labute approximate surface area is 324 Å². The molecule has 0 aromatic heterocycles. The van der Waals surface area contributed by atoms with Gasteiger partial charge in [-0.2, -0.15) is 0 Å². The van der Waals surface area contributed by atoms with E-state index in [1.54, 1.807) is 0 Å². The molecule has 52 heavy (non-hydrogen) atoms. The van der Waals surface area contributed by atoms with Gasteiger partial charge >= 0.3 is 17.9 Å². The summed E-state index contributed by atoms with van der Waals surface area (Å²) in [5.41, 5.74) is 5.60. The van der Waals surface area contributed by atoms with E-state index in [9.17, 15) is 14.7 Å². The number of unbranched alkanes of at least 4 members (excludes halogenated alkanes) is 36. The first-order valence-electron chi connectivity index (χ1n) is 23.3. The number of carbonyl (C=O) groups is 2. The molecule has 0 saturated carbocycles. The van der Waals surface area contributed by atoms with Gasteiger partial charge in [0.25, 0.3) is 0 Å². The van der Waals surface area contributed by atoms with Gasteiger partial charge in [0.2, 0.25) is 0 Å². The van der Waals surface area contributed by atoms with Gasteiger partial charge < -0.3 is 20.3 Å². The molecule has 0 fully saturated rings. The van der Waals surface area contributed by atoms with Crippen LogP contribution in [0.3, 0.4) is 0 Å². The van der Waals surface area contributed by atoms with E-state index in [-0.39, 0.29) is 12.8 Å². The van der Waals surface area contributed by atoms with E-state index >= 15 is 0 Å². The van der Waals surface area contributed by atoms with Crippen molar-refractivity contribution >= 4 is 11.9 Å². The summed E-state index contributed by atoms with van der Waals surface area (Å²) in [4.78, 5) is 24.6. The number of nitrogens with two attached hydrogens (primary N) is 1. The van der Waals surface area contributed by atoms with Crippen molar-refractivity contribution in [3.63, 3.8) is 0 Å². The first-order chi connectivity index (χ1) is 25.5. The minimum Gasteiger partial charge on any atom is -0.397 e. The molecular formula is C46H91NO5. The maximum absolute atomic E-state index is 12.3. The Kier molecular flexibility index (Phi) is 40.1. The first kappa shape index (κ1) is 50.9. The lowest BCUT2D eigenvalue weighted by Gasteiger charge is -2.25. The fraction of sp³-hybridized carbons (Fsp3) is 0.957. The third kappa shape index (κ3) is 38.6. The molecule has 3 N–H and O–H groups in total. The van der Waals surface area contributed by atoms with Crippen LogP contribution in [0.4, 0.5) is 0 Å². The van der Waals surface area contributed by atoms with E-state index in [0.717, 1.165) is 25.7 Å². The summed E-state index contributed by atoms with van der Waals surface area (Å²) in [5.74, 6) is -3.51. The topological polar surface area (TPSA) is 98.8 Å². The number of aliphatic hydroxyl groups is 1. The SMILES string of the molecule is CCCCCCCCCCCCCCCCCCCCCC(=O)OC(O)(CN)OC(=O)CCCCCCCCCCCCCCCCCCCCC. The highest BCUT2D eigenvalue weighted by molar-refractivity contribution is 5.71. The number of esters is 2. The van der Waals surface area contributed by atoms with Crippen LogP contribution in [0.25, 0.3) is 0 Å². The Balaban J connectivity index is 3.56. The van der Waals surface area contributed by atoms with Crippen LogP contribution < -0.4 is 5.73 Å². The fourth-order valence-corrected chi connectivity index (χ4v) is 7.26. The zero-order valence-corrected chi connectivity index (χ0v) is 35.1. The number of hydrogen-bond donors (Lipinski definition) is 2. The average molecular weight is 738 g/mol. The van der Waals surface area contributed by atoms with Crippen LogP contribution in [0.5, 0.6) is 0 Å². The third-order valence-electron chi connectivity index (χ3n) is 10.8. The molecule has 0 aromatic carbocycles. The zero-order chi connectivity index (χ0) is 38.1. The Bertz CT molecular complexity index is 688. The average Bonchev–Trinajstić information content (AvgIpc) is 3.13. The van der Waals surface area contributed by atoms with Gasteiger partial charge in [0.1, 0.15) is 6.54 Å². The molecule has 0 aliphatic rings. The van der Waals surface area contributed by atoms with Crippen molar-refractivity contribution in [2.24, 2.45) is 5.73 Å². The molecule has 6 nitrogen and oxygen atoms in total. The lowest BCUT2D eigenvalue weighted by atomic mass is 10.0. The van der Waals surface area contributed by atoms with Crippen molar-refractivity contribution < 1.29 is 24.2 Å². The van der Waals surface area contributed by atoms with Crippen molar-refractivity contribution in [3.8, 4) is 0 Å². The smallest absolute Gasteiger partial charge is 0.386 e. The van der Waals surface area contributed by atoms with Gasteiger partial charge in [-0.05, 0) is 12.8 Å². The van der Waals surface area contributed by atoms with Crippen LogP contribution in [0.2, 0.25) is 0 Å². The predicted molar refractivity (Wildman–Crippen MR) is 222 cm³/mol. The van der Waals surface area contributed by atoms with Crippen LogP contribution in [0.1, 0.15) is 271 Å². The second-order valence-electron chi connectivity index (χ2n) is 16.1. The van der Waals surface area contributed by atoms with Gasteiger partial charge in [-0.3, -0.25) is 9.59 Å². The molecule has 0 spiro atoms.